The number of aromatic nitrogens is 1. The monoisotopic (exact) mass is 261 g/mol. The number of amides is 1. The highest BCUT2D eigenvalue weighted by atomic mass is 19.4. The smallest absolute Gasteiger partial charge is 0.368 e. The van der Waals surface area contributed by atoms with Crippen LogP contribution in [0, 0.1) is 5.92 Å². The summed E-state index contributed by atoms with van der Waals surface area (Å²) in [4.78, 5) is 14.7. The molecule has 1 unspecified atom stereocenters. The van der Waals surface area contributed by atoms with Gasteiger partial charge in [0, 0.05) is 6.20 Å². The van der Waals surface area contributed by atoms with Gasteiger partial charge in [-0.3, -0.25) is 4.79 Å². The van der Waals surface area contributed by atoms with Crippen LogP contribution in [0.15, 0.2) is 18.3 Å². The lowest BCUT2D eigenvalue weighted by Crippen LogP contribution is -2.39. The van der Waals surface area contributed by atoms with Gasteiger partial charge in [-0.15, -0.1) is 0 Å². The van der Waals surface area contributed by atoms with E-state index in [1.807, 2.05) is 0 Å². The molecular weight excluding hydrogens is 247 g/mol. The number of carbonyl (C=O) groups excluding carboxylic acids is 1. The van der Waals surface area contributed by atoms with Crippen molar-refractivity contribution in [3.8, 4) is 0 Å². The number of rotatable bonds is 4. The number of nitrogens with two attached hydrogens (primary N) is 1. The first-order valence-corrected chi connectivity index (χ1v) is 5.31. The molecule has 0 aromatic carbocycles. The molecule has 0 fully saturated rings. The van der Waals surface area contributed by atoms with E-state index < -0.39 is 23.7 Å². The Kier molecular flexibility index (Phi) is 4.15. The van der Waals surface area contributed by atoms with Crippen LogP contribution in [0.1, 0.15) is 19.4 Å². The van der Waals surface area contributed by atoms with Crippen LogP contribution in [-0.2, 0) is 11.0 Å². The Balaban J connectivity index is 2.83. The van der Waals surface area contributed by atoms with Gasteiger partial charge in [0.15, 0.2) is 0 Å². The van der Waals surface area contributed by atoms with Crippen molar-refractivity contribution in [1.82, 2.24) is 4.98 Å². The highest BCUT2D eigenvalue weighted by Crippen LogP contribution is 2.28. The van der Waals surface area contributed by atoms with Crippen LogP contribution >= 0.6 is 0 Å². The van der Waals surface area contributed by atoms with Crippen LogP contribution in [0.3, 0.4) is 0 Å². The van der Waals surface area contributed by atoms with E-state index in [1.165, 1.54) is 6.07 Å². The van der Waals surface area contributed by atoms with Crippen LogP contribution in [0.5, 0.6) is 0 Å². The molecule has 1 amide bonds. The van der Waals surface area contributed by atoms with Gasteiger partial charge in [0.05, 0.1) is 5.56 Å². The zero-order chi connectivity index (χ0) is 13.9. The van der Waals surface area contributed by atoms with Crippen molar-refractivity contribution in [2.24, 2.45) is 11.7 Å². The number of nitrogens with zero attached hydrogens (tertiary/aromatic N) is 1. The van der Waals surface area contributed by atoms with Crippen molar-refractivity contribution < 1.29 is 18.0 Å². The van der Waals surface area contributed by atoms with E-state index in [-0.39, 0.29) is 11.7 Å². The number of nitrogens with one attached hydrogen (secondary N) is 1. The molecule has 1 aromatic heterocycles. The summed E-state index contributed by atoms with van der Waals surface area (Å²) in [5.74, 6) is -0.487. The number of halogens is 3. The van der Waals surface area contributed by atoms with Crippen molar-refractivity contribution >= 4 is 11.7 Å². The van der Waals surface area contributed by atoms with Gasteiger partial charge in [-0.05, 0) is 18.1 Å². The molecule has 18 heavy (non-hydrogen) atoms. The van der Waals surface area contributed by atoms with E-state index in [2.05, 4.69) is 10.3 Å². The average Bonchev–Trinajstić information content (AvgIpc) is 2.24. The normalized spacial score (nSPS) is 13.4. The van der Waals surface area contributed by atoms with Crippen LogP contribution in [0.4, 0.5) is 19.0 Å². The summed E-state index contributed by atoms with van der Waals surface area (Å²) in [5, 5.41) is 2.70. The molecule has 1 aromatic rings. The maximum atomic E-state index is 12.3. The van der Waals surface area contributed by atoms with E-state index in [0.717, 1.165) is 6.07 Å². The fourth-order valence-electron chi connectivity index (χ4n) is 1.37. The van der Waals surface area contributed by atoms with Gasteiger partial charge in [-0.2, -0.15) is 13.2 Å². The molecule has 0 bridgehead atoms. The molecule has 0 saturated carbocycles. The van der Waals surface area contributed by atoms with Gasteiger partial charge in [-0.1, -0.05) is 13.8 Å². The van der Waals surface area contributed by atoms with Crippen molar-refractivity contribution in [2.75, 3.05) is 5.32 Å². The number of anilines is 1. The van der Waals surface area contributed by atoms with Crippen LogP contribution in [-0.4, -0.2) is 16.9 Å². The van der Waals surface area contributed by atoms with E-state index in [4.69, 9.17) is 5.73 Å². The molecule has 1 heterocycles. The zero-order valence-electron chi connectivity index (χ0n) is 9.95. The summed E-state index contributed by atoms with van der Waals surface area (Å²) in [5.41, 5.74) is 4.34. The third kappa shape index (κ3) is 3.61. The molecule has 0 aliphatic rings. The largest absolute Gasteiger partial charge is 0.417 e. The van der Waals surface area contributed by atoms with Gasteiger partial charge >= 0.3 is 6.18 Å². The molecule has 0 spiro atoms. The molecule has 0 radical (unpaired) electrons. The number of hydrogen-bond donors (Lipinski definition) is 2. The summed E-state index contributed by atoms with van der Waals surface area (Å²) in [6.45, 7) is 3.54. The predicted octanol–water partition coefficient (Wildman–Crippen LogP) is 2.02. The SMILES string of the molecule is CC(C)C(Nc1ccc(C(F)(F)F)cn1)C(N)=O. The molecule has 100 valence electrons. The van der Waals surface area contributed by atoms with E-state index in [1.54, 1.807) is 13.8 Å². The Morgan fingerprint density at radius 2 is 2.00 bits per heavy atom. The molecule has 1 rings (SSSR count). The van der Waals surface area contributed by atoms with Crippen LogP contribution in [0.25, 0.3) is 0 Å². The maximum absolute atomic E-state index is 12.3. The first-order chi connectivity index (χ1) is 8.21. The number of carbonyl (C=O) groups is 1. The third-order valence-electron chi connectivity index (χ3n) is 2.37. The Hall–Kier alpha value is -1.79. The van der Waals surface area contributed by atoms with Gasteiger partial charge < -0.3 is 11.1 Å². The van der Waals surface area contributed by atoms with E-state index >= 15 is 0 Å². The minimum absolute atomic E-state index is 0.0911. The number of alkyl halides is 3. The summed E-state index contributed by atoms with van der Waals surface area (Å²) >= 11 is 0. The minimum Gasteiger partial charge on any atom is -0.368 e. The zero-order valence-corrected chi connectivity index (χ0v) is 9.95. The van der Waals surface area contributed by atoms with Gasteiger partial charge in [0.25, 0.3) is 0 Å². The summed E-state index contributed by atoms with van der Waals surface area (Å²) in [6.07, 6.45) is -3.71. The van der Waals surface area contributed by atoms with Crippen molar-refractivity contribution in [2.45, 2.75) is 26.1 Å². The van der Waals surface area contributed by atoms with Crippen LogP contribution in [0.2, 0.25) is 0 Å². The molecule has 0 aliphatic heterocycles. The second kappa shape index (κ2) is 5.24. The molecule has 7 heteroatoms. The molecule has 0 aliphatic carbocycles. The maximum Gasteiger partial charge on any atom is 0.417 e. The predicted molar refractivity (Wildman–Crippen MR) is 60.7 cm³/mol. The summed E-state index contributed by atoms with van der Waals surface area (Å²) < 4.78 is 36.9. The lowest BCUT2D eigenvalue weighted by molar-refractivity contribution is -0.137. The lowest BCUT2D eigenvalue weighted by atomic mass is 10.0. The van der Waals surface area contributed by atoms with Crippen molar-refractivity contribution in [3.05, 3.63) is 23.9 Å². The Labute approximate surface area is 102 Å². The van der Waals surface area contributed by atoms with Crippen molar-refractivity contribution in [3.63, 3.8) is 0 Å². The Morgan fingerprint density at radius 1 is 1.39 bits per heavy atom. The second-order valence-electron chi connectivity index (χ2n) is 4.20. The van der Waals surface area contributed by atoms with Gasteiger partial charge in [-0.25, -0.2) is 4.98 Å². The molecule has 0 saturated heterocycles. The van der Waals surface area contributed by atoms with Crippen LogP contribution < -0.4 is 11.1 Å². The summed E-state index contributed by atoms with van der Waals surface area (Å²) in [6, 6.07) is 1.39. The van der Waals surface area contributed by atoms with E-state index in [0.29, 0.717) is 6.20 Å². The topological polar surface area (TPSA) is 68.0 Å². The minimum atomic E-state index is -4.42. The molecule has 3 N–H and O–H groups in total. The number of pyridine rings is 1. The lowest BCUT2D eigenvalue weighted by Gasteiger charge is -2.19. The Bertz CT molecular complexity index is 415. The number of primary amides is 1. The van der Waals surface area contributed by atoms with Gasteiger partial charge in [0.1, 0.15) is 11.9 Å². The fourth-order valence-corrected chi connectivity index (χ4v) is 1.37. The highest BCUT2D eigenvalue weighted by Gasteiger charge is 2.30. The van der Waals surface area contributed by atoms with Gasteiger partial charge in [0.2, 0.25) is 5.91 Å². The first kappa shape index (κ1) is 14.3. The van der Waals surface area contributed by atoms with E-state index in [9.17, 15) is 18.0 Å². The number of hydrogen-bond acceptors (Lipinski definition) is 3. The highest BCUT2D eigenvalue weighted by molar-refractivity contribution is 5.82. The standard InChI is InChI=1S/C11H14F3N3O/c1-6(2)9(10(15)18)17-8-4-3-7(5-16-8)11(12,13)14/h3-6,9H,1-2H3,(H2,15,18)(H,16,17). The Morgan fingerprint density at radius 3 is 2.33 bits per heavy atom. The summed E-state index contributed by atoms with van der Waals surface area (Å²) in [7, 11) is 0. The molecular formula is C11H14F3N3O. The first-order valence-electron chi connectivity index (χ1n) is 5.31. The quantitative estimate of drug-likeness (QED) is 0.871. The molecule has 1 atom stereocenters. The third-order valence-corrected chi connectivity index (χ3v) is 2.37. The second-order valence-corrected chi connectivity index (χ2v) is 4.20. The average molecular weight is 261 g/mol. The molecule has 4 nitrogen and oxygen atoms in total. The fraction of sp³-hybridized carbons (Fsp3) is 0.455. The van der Waals surface area contributed by atoms with Crippen molar-refractivity contribution in [1.29, 1.82) is 0 Å².